The van der Waals surface area contributed by atoms with Crippen molar-refractivity contribution in [2.45, 2.75) is 45.6 Å². The van der Waals surface area contributed by atoms with Gasteiger partial charge in [0, 0.05) is 24.2 Å². The second kappa shape index (κ2) is 7.56. The number of thiazole rings is 1. The van der Waals surface area contributed by atoms with Gasteiger partial charge in [-0.25, -0.2) is 9.97 Å². The maximum absolute atomic E-state index is 12.6. The minimum absolute atomic E-state index is 0.0364. The summed E-state index contributed by atoms with van der Waals surface area (Å²) in [6.45, 7) is 4.58. The van der Waals surface area contributed by atoms with Crippen molar-refractivity contribution in [3.05, 3.63) is 46.1 Å². The Morgan fingerprint density at radius 3 is 3.00 bits per heavy atom. The summed E-state index contributed by atoms with van der Waals surface area (Å²) in [7, 11) is 0. The lowest BCUT2D eigenvalue weighted by molar-refractivity contribution is 0.0725. The Hall–Kier alpha value is -2.61. The highest BCUT2D eigenvalue weighted by Gasteiger charge is 2.30. The Kier molecular flexibility index (Phi) is 4.98. The molecule has 0 aliphatic carbocycles. The summed E-state index contributed by atoms with van der Waals surface area (Å²) < 4.78 is 5.24. The van der Waals surface area contributed by atoms with Crippen molar-refractivity contribution in [1.82, 2.24) is 25.0 Å². The normalized spacial score (nSPS) is 16.8. The Morgan fingerprint density at radius 1 is 1.37 bits per heavy atom. The Morgan fingerprint density at radius 2 is 2.26 bits per heavy atom. The van der Waals surface area contributed by atoms with Crippen molar-refractivity contribution >= 4 is 17.2 Å². The Labute approximate surface area is 161 Å². The molecule has 0 radical (unpaired) electrons. The Bertz CT molecular complexity index is 918. The molecule has 0 N–H and O–H groups in total. The summed E-state index contributed by atoms with van der Waals surface area (Å²) in [6.07, 6.45) is 7.23. The third-order valence-electron chi connectivity index (χ3n) is 5.00. The molecule has 7 nitrogen and oxygen atoms in total. The zero-order chi connectivity index (χ0) is 18.8. The van der Waals surface area contributed by atoms with Gasteiger partial charge in [-0.3, -0.25) is 9.78 Å². The highest BCUT2D eigenvalue weighted by molar-refractivity contribution is 7.07. The summed E-state index contributed by atoms with van der Waals surface area (Å²) in [5.74, 6) is 0.782. The lowest BCUT2D eigenvalue weighted by Gasteiger charge is -2.23. The van der Waals surface area contributed by atoms with E-state index in [0.717, 1.165) is 60.6 Å². The number of rotatable bonds is 5. The van der Waals surface area contributed by atoms with E-state index in [4.69, 9.17) is 9.51 Å². The fraction of sp³-hybridized carbons (Fsp3) is 0.421. The molecular weight excluding hydrogens is 362 g/mol. The number of likely N-dealkylation sites (tertiary alicyclic amines) is 1. The van der Waals surface area contributed by atoms with Gasteiger partial charge < -0.3 is 9.42 Å². The van der Waals surface area contributed by atoms with E-state index in [0.29, 0.717) is 5.69 Å². The molecule has 1 atom stereocenters. The van der Waals surface area contributed by atoms with Gasteiger partial charge in [-0.2, -0.15) is 0 Å². The van der Waals surface area contributed by atoms with Crippen LogP contribution in [0.5, 0.6) is 0 Å². The number of carbonyl (C=O) groups excluding carboxylic acids is 1. The number of hydrogen-bond acceptors (Lipinski definition) is 7. The molecule has 1 aliphatic rings. The van der Waals surface area contributed by atoms with Gasteiger partial charge in [-0.15, -0.1) is 11.3 Å². The van der Waals surface area contributed by atoms with Crippen LogP contribution in [0.3, 0.4) is 0 Å². The van der Waals surface area contributed by atoms with Crippen molar-refractivity contribution in [3.8, 4) is 11.3 Å². The van der Waals surface area contributed by atoms with Crippen LogP contribution in [0, 0.1) is 13.8 Å². The largest absolute Gasteiger partial charge is 0.361 e. The molecule has 0 bridgehead atoms. The van der Waals surface area contributed by atoms with E-state index in [1.165, 1.54) is 11.3 Å². The van der Waals surface area contributed by atoms with E-state index in [1.807, 2.05) is 24.1 Å². The fourth-order valence-electron chi connectivity index (χ4n) is 3.68. The molecule has 0 saturated carbocycles. The first-order valence-corrected chi connectivity index (χ1v) is 10.0. The van der Waals surface area contributed by atoms with Gasteiger partial charge in [0.1, 0.15) is 11.5 Å². The number of hydrogen-bond donors (Lipinski definition) is 0. The van der Waals surface area contributed by atoms with E-state index >= 15 is 0 Å². The molecule has 3 aromatic heterocycles. The second-order valence-corrected chi connectivity index (χ2v) is 7.52. The maximum atomic E-state index is 12.6. The second-order valence-electron chi connectivity index (χ2n) is 6.80. The van der Waals surface area contributed by atoms with Gasteiger partial charge >= 0.3 is 0 Å². The summed E-state index contributed by atoms with van der Waals surface area (Å²) in [4.78, 5) is 27.8. The molecule has 0 aromatic carbocycles. The van der Waals surface area contributed by atoms with Gasteiger partial charge in [0.25, 0.3) is 5.91 Å². The van der Waals surface area contributed by atoms with E-state index < -0.39 is 0 Å². The Balaban J connectivity index is 1.46. The SMILES string of the molecule is Cc1noc(C)c1-c1cncc(CCC2CCCN2C(=O)c2cscn2)n1. The maximum Gasteiger partial charge on any atom is 0.273 e. The minimum Gasteiger partial charge on any atom is -0.361 e. The highest BCUT2D eigenvalue weighted by Crippen LogP contribution is 2.26. The molecule has 4 heterocycles. The molecule has 1 amide bonds. The average molecular weight is 383 g/mol. The first-order valence-electron chi connectivity index (χ1n) is 9.07. The van der Waals surface area contributed by atoms with E-state index in [2.05, 4.69) is 15.1 Å². The van der Waals surface area contributed by atoms with Crippen LogP contribution in [0.2, 0.25) is 0 Å². The third kappa shape index (κ3) is 3.62. The summed E-state index contributed by atoms with van der Waals surface area (Å²) >= 11 is 1.45. The van der Waals surface area contributed by atoms with Gasteiger partial charge in [0.15, 0.2) is 0 Å². The van der Waals surface area contributed by atoms with Crippen LogP contribution in [-0.2, 0) is 6.42 Å². The topological polar surface area (TPSA) is 85.0 Å². The third-order valence-corrected chi connectivity index (χ3v) is 5.58. The number of nitrogens with zero attached hydrogens (tertiary/aromatic N) is 5. The molecule has 8 heteroatoms. The molecule has 1 fully saturated rings. The van der Waals surface area contributed by atoms with Crippen molar-refractivity contribution in [3.63, 3.8) is 0 Å². The lowest BCUT2D eigenvalue weighted by atomic mass is 10.1. The van der Waals surface area contributed by atoms with Crippen LogP contribution in [-0.4, -0.2) is 43.5 Å². The average Bonchev–Trinajstić information content (AvgIpc) is 3.41. The van der Waals surface area contributed by atoms with Crippen molar-refractivity contribution in [2.75, 3.05) is 6.54 Å². The van der Waals surface area contributed by atoms with Crippen LogP contribution >= 0.6 is 11.3 Å². The molecular formula is C19H21N5O2S. The molecule has 1 unspecified atom stereocenters. The van der Waals surface area contributed by atoms with Gasteiger partial charge in [-0.1, -0.05) is 5.16 Å². The van der Waals surface area contributed by atoms with Gasteiger partial charge in [0.05, 0.1) is 34.4 Å². The zero-order valence-corrected chi connectivity index (χ0v) is 16.2. The molecule has 27 heavy (non-hydrogen) atoms. The van der Waals surface area contributed by atoms with E-state index in [-0.39, 0.29) is 11.9 Å². The van der Waals surface area contributed by atoms with Crippen LogP contribution in [0.4, 0.5) is 0 Å². The molecule has 1 aliphatic heterocycles. The van der Waals surface area contributed by atoms with Gasteiger partial charge in [-0.05, 0) is 39.5 Å². The first-order chi connectivity index (χ1) is 13.1. The summed E-state index contributed by atoms with van der Waals surface area (Å²) in [6, 6.07) is 0.226. The predicted molar refractivity (Wildman–Crippen MR) is 101 cm³/mol. The van der Waals surface area contributed by atoms with Crippen LogP contribution < -0.4 is 0 Å². The molecule has 140 valence electrons. The van der Waals surface area contributed by atoms with E-state index in [9.17, 15) is 4.79 Å². The van der Waals surface area contributed by atoms with Crippen molar-refractivity contribution in [2.24, 2.45) is 0 Å². The van der Waals surface area contributed by atoms with Crippen molar-refractivity contribution < 1.29 is 9.32 Å². The zero-order valence-electron chi connectivity index (χ0n) is 15.4. The molecule has 1 saturated heterocycles. The van der Waals surface area contributed by atoms with Gasteiger partial charge in [0.2, 0.25) is 0 Å². The molecule has 0 spiro atoms. The monoisotopic (exact) mass is 383 g/mol. The first kappa shape index (κ1) is 17.8. The molecule has 4 rings (SSSR count). The van der Waals surface area contributed by atoms with Crippen LogP contribution in [0.15, 0.2) is 27.8 Å². The number of carbonyl (C=O) groups is 1. The van der Waals surface area contributed by atoms with E-state index in [1.54, 1.807) is 17.9 Å². The minimum atomic E-state index is 0.0364. The summed E-state index contributed by atoms with van der Waals surface area (Å²) in [5.41, 5.74) is 5.67. The fourth-order valence-corrected chi connectivity index (χ4v) is 4.20. The number of aryl methyl sites for hydroxylation is 3. The lowest BCUT2D eigenvalue weighted by Crippen LogP contribution is -2.36. The summed E-state index contributed by atoms with van der Waals surface area (Å²) in [5, 5.41) is 5.81. The smallest absolute Gasteiger partial charge is 0.273 e. The standard InChI is InChI=1S/C19H21N5O2S/c1-12-18(13(2)26-23-12)16-9-20-8-14(22-16)5-6-15-4-3-7-24(15)19(25)17-10-27-11-21-17/h8-11,15H,3-7H2,1-2H3. The van der Waals surface area contributed by atoms with Crippen LogP contribution in [0.25, 0.3) is 11.3 Å². The van der Waals surface area contributed by atoms with Crippen LogP contribution in [0.1, 0.15) is 46.9 Å². The highest BCUT2D eigenvalue weighted by atomic mass is 32.1. The molecule has 3 aromatic rings. The number of amides is 1. The predicted octanol–water partition coefficient (Wildman–Crippen LogP) is 3.44. The number of aromatic nitrogens is 4. The quantitative estimate of drug-likeness (QED) is 0.671. The van der Waals surface area contributed by atoms with Crippen molar-refractivity contribution in [1.29, 1.82) is 0 Å².